The lowest BCUT2D eigenvalue weighted by Gasteiger charge is -2.31. The summed E-state index contributed by atoms with van der Waals surface area (Å²) in [5.41, 5.74) is 0. The van der Waals surface area contributed by atoms with E-state index >= 15 is 0 Å². The van der Waals surface area contributed by atoms with Crippen LogP contribution >= 0.6 is 0 Å². The molecule has 2 aliphatic rings. The van der Waals surface area contributed by atoms with Crippen molar-refractivity contribution in [2.75, 3.05) is 19.8 Å². The standard InChI is InChI=1S/C15H23F3O5/c1-2-10-3-5-11(6-4-10)7-20-12-8-21-14(22-9-12)23-13(19)15(16,17)18/h10-12,14H,2-9H2,1H3. The summed E-state index contributed by atoms with van der Waals surface area (Å²) in [6.45, 7) is 1.27. The molecule has 1 saturated heterocycles. The summed E-state index contributed by atoms with van der Waals surface area (Å²) in [7, 11) is 0. The minimum atomic E-state index is -5.06. The van der Waals surface area contributed by atoms with Gasteiger partial charge in [0.1, 0.15) is 6.10 Å². The number of carbonyl (C=O) groups is 1. The Hall–Kier alpha value is -0.860. The Bertz CT molecular complexity index is 372. The third-order valence-corrected chi connectivity index (χ3v) is 4.38. The molecule has 0 aromatic rings. The summed E-state index contributed by atoms with van der Waals surface area (Å²) in [5, 5.41) is 0. The van der Waals surface area contributed by atoms with Crippen molar-refractivity contribution in [2.45, 2.75) is 57.8 Å². The molecule has 1 aliphatic carbocycles. The van der Waals surface area contributed by atoms with Gasteiger partial charge < -0.3 is 18.9 Å². The smallest absolute Gasteiger partial charge is 0.404 e. The summed E-state index contributed by atoms with van der Waals surface area (Å²) >= 11 is 0. The molecule has 1 saturated carbocycles. The second kappa shape index (κ2) is 8.30. The molecule has 134 valence electrons. The molecule has 0 bridgehead atoms. The van der Waals surface area contributed by atoms with Crippen molar-refractivity contribution in [3.8, 4) is 0 Å². The van der Waals surface area contributed by atoms with E-state index in [1.807, 2.05) is 0 Å². The zero-order valence-electron chi connectivity index (χ0n) is 13.1. The minimum Gasteiger partial charge on any atom is -0.404 e. The Morgan fingerprint density at radius 3 is 2.17 bits per heavy atom. The third-order valence-electron chi connectivity index (χ3n) is 4.38. The SMILES string of the molecule is CCC1CCC(COC2COC(OC(=O)C(F)(F)F)OC2)CC1. The van der Waals surface area contributed by atoms with Gasteiger partial charge in [0.15, 0.2) is 0 Å². The fourth-order valence-corrected chi connectivity index (χ4v) is 2.87. The molecule has 0 radical (unpaired) electrons. The quantitative estimate of drug-likeness (QED) is 0.720. The van der Waals surface area contributed by atoms with Gasteiger partial charge in [-0.25, -0.2) is 4.79 Å². The number of hydrogen-bond acceptors (Lipinski definition) is 5. The lowest BCUT2D eigenvalue weighted by molar-refractivity contribution is -0.329. The van der Waals surface area contributed by atoms with Crippen LogP contribution < -0.4 is 0 Å². The molecule has 2 rings (SSSR count). The molecular weight excluding hydrogens is 317 g/mol. The molecule has 0 amide bonds. The highest BCUT2D eigenvalue weighted by Crippen LogP contribution is 2.31. The first-order valence-electron chi connectivity index (χ1n) is 8.01. The molecule has 0 aromatic heterocycles. The van der Waals surface area contributed by atoms with Crippen LogP contribution in [0.4, 0.5) is 13.2 Å². The first-order chi connectivity index (χ1) is 10.9. The van der Waals surface area contributed by atoms with E-state index in [9.17, 15) is 18.0 Å². The fourth-order valence-electron chi connectivity index (χ4n) is 2.87. The van der Waals surface area contributed by atoms with E-state index in [0.717, 1.165) is 18.8 Å². The molecule has 1 aliphatic heterocycles. The second-order valence-corrected chi connectivity index (χ2v) is 6.11. The Labute approximate surface area is 133 Å². The Morgan fingerprint density at radius 1 is 1.09 bits per heavy atom. The molecule has 8 heteroatoms. The van der Waals surface area contributed by atoms with Crippen LogP contribution in [0.25, 0.3) is 0 Å². The van der Waals surface area contributed by atoms with Crippen molar-refractivity contribution < 1.29 is 36.9 Å². The van der Waals surface area contributed by atoms with Gasteiger partial charge in [0, 0.05) is 6.61 Å². The highest BCUT2D eigenvalue weighted by Gasteiger charge is 2.43. The van der Waals surface area contributed by atoms with E-state index in [1.165, 1.54) is 19.3 Å². The lowest BCUT2D eigenvalue weighted by Crippen LogP contribution is -2.42. The van der Waals surface area contributed by atoms with E-state index in [1.54, 1.807) is 0 Å². The maximum absolute atomic E-state index is 12.1. The van der Waals surface area contributed by atoms with Gasteiger partial charge in [-0.15, -0.1) is 0 Å². The van der Waals surface area contributed by atoms with Crippen LogP contribution in [0.5, 0.6) is 0 Å². The molecule has 5 nitrogen and oxygen atoms in total. The number of halogens is 3. The first kappa shape index (κ1) is 18.5. The first-order valence-corrected chi connectivity index (χ1v) is 8.01. The average Bonchev–Trinajstić information content (AvgIpc) is 2.54. The highest BCUT2D eigenvalue weighted by atomic mass is 19.4. The summed E-state index contributed by atoms with van der Waals surface area (Å²) < 4.78 is 55.8. The predicted molar refractivity (Wildman–Crippen MR) is 73.3 cm³/mol. The molecule has 1 heterocycles. The van der Waals surface area contributed by atoms with E-state index in [4.69, 9.17) is 14.2 Å². The van der Waals surface area contributed by atoms with Crippen LogP contribution in [0.3, 0.4) is 0 Å². The molecule has 2 fully saturated rings. The van der Waals surface area contributed by atoms with Gasteiger partial charge in [-0.1, -0.05) is 26.2 Å². The molecular formula is C15H23F3O5. The van der Waals surface area contributed by atoms with E-state index < -0.39 is 18.6 Å². The summed E-state index contributed by atoms with van der Waals surface area (Å²) in [6, 6.07) is 0. The number of alkyl halides is 3. The fraction of sp³-hybridized carbons (Fsp3) is 0.933. The molecule has 0 spiro atoms. The van der Waals surface area contributed by atoms with Crippen LogP contribution in [0.2, 0.25) is 0 Å². The molecule has 0 atom stereocenters. The number of rotatable bonds is 5. The van der Waals surface area contributed by atoms with E-state index in [-0.39, 0.29) is 19.3 Å². The molecule has 23 heavy (non-hydrogen) atoms. The van der Waals surface area contributed by atoms with Gasteiger partial charge in [0.25, 0.3) is 0 Å². The highest BCUT2D eigenvalue weighted by molar-refractivity contribution is 5.75. The minimum absolute atomic E-state index is 0.0418. The zero-order chi connectivity index (χ0) is 16.9. The molecule has 0 aromatic carbocycles. The van der Waals surface area contributed by atoms with Crippen LogP contribution in [-0.2, 0) is 23.7 Å². The maximum atomic E-state index is 12.1. The van der Waals surface area contributed by atoms with E-state index in [0.29, 0.717) is 12.5 Å². The van der Waals surface area contributed by atoms with Gasteiger partial charge in [0.05, 0.1) is 13.2 Å². The van der Waals surface area contributed by atoms with Gasteiger partial charge in [0.2, 0.25) is 0 Å². The Kier molecular flexibility index (Phi) is 6.67. The van der Waals surface area contributed by atoms with Gasteiger partial charge in [-0.2, -0.15) is 13.2 Å². The molecule has 0 N–H and O–H groups in total. The van der Waals surface area contributed by atoms with Crippen molar-refractivity contribution in [3.63, 3.8) is 0 Å². The summed E-state index contributed by atoms with van der Waals surface area (Å²) in [6.07, 6.45) is 0.528. The monoisotopic (exact) mass is 340 g/mol. The number of ether oxygens (including phenoxy) is 4. The van der Waals surface area contributed by atoms with E-state index in [2.05, 4.69) is 11.7 Å². The number of hydrogen-bond donors (Lipinski definition) is 0. The van der Waals surface area contributed by atoms with Gasteiger partial charge in [-0.05, 0) is 24.7 Å². The predicted octanol–water partition coefficient (Wildman–Crippen LogP) is 3.02. The van der Waals surface area contributed by atoms with Crippen molar-refractivity contribution in [3.05, 3.63) is 0 Å². The molecule has 0 unspecified atom stereocenters. The Morgan fingerprint density at radius 2 is 1.65 bits per heavy atom. The van der Waals surface area contributed by atoms with Crippen LogP contribution in [0.15, 0.2) is 0 Å². The zero-order valence-corrected chi connectivity index (χ0v) is 13.1. The van der Waals surface area contributed by atoms with Gasteiger partial charge >= 0.3 is 18.6 Å². The van der Waals surface area contributed by atoms with Crippen molar-refractivity contribution in [1.82, 2.24) is 0 Å². The lowest BCUT2D eigenvalue weighted by atomic mass is 9.81. The van der Waals surface area contributed by atoms with Crippen LogP contribution in [-0.4, -0.2) is 44.5 Å². The maximum Gasteiger partial charge on any atom is 0.491 e. The Balaban J connectivity index is 1.61. The average molecular weight is 340 g/mol. The van der Waals surface area contributed by atoms with Crippen LogP contribution in [0.1, 0.15) is 39.0 Å². The van der Waals surface area contributed by atoms with Crippen molar-refractivity contribution >= 4 is 5.97 Å². The third kappa shape index (κ3) is 5.93. The largest absolute Gasteiger partial charge is 0.491 e. The normalized spacial score (nSPS) is 32.5. The second-order valence-electron chi connectivity index (χ2n) is 6.11. The summed E-state index contributed by atoms with van der Waals surface area (Å²) in [5.74, 6) is -0.996. The number of esters is 1. The van der Waals surface area contributed by atoms with Gasteiger partial charge in [-0.3, -0.25) is 0 Å². The topological polar surface area (TPSA) is 54.0 Å². The number of carbonyl (C=O) groups excluding carboxylic acids is 1. The van der Waals surface area contributed by atoms with Crippen LogP contribution in [0, 0.1) is 11.8 Å². The summed E-state index contributed by atoms with van der Waals surface area (Å²) in [4.78, 5) is 10.7. The van der Waals surface area contributed by atoms with Crippen molar-refractivity contribution in [2.24, 2.45) is 11.8 Å². The van der Waals surface area contributed by atoms with Crippen molar-refractivity contribution in [1.29, 1.82) is 0 Å².